The van der Waals surface area contributed by atoms with Crippen molar-refractivity contribution in [3.8, 4) is 28.5 Å². The fourth-order valence-electron chi connectivity index (χ4n) is 2.24. The monoisotopic (exact) mass is 308 g/mol. The molecule has 0 aliphatic rings. The number of para-hydroxylation sites is 1. The Morgan fingerprint density at radius 1 is 1.00 bits per heavy atom. The first-order chi connectivity index (χ1) is 11.2. The van der Waals surface area contributed by atoms with Crippen molar-refractivity contribution in [2.75, 3.05) is 27.2 Å². The van der Waals surface area contributed by atoms with Gasteiger partial charge in [0.15, 0.2) is 5.76 Å². The zero-order valence-corrected chi connectivity index (χ0v) is 13.4. The number of rotatable bonds is 6. The number of benzene rings is 2. The van der Waals surface area contributed by atoms with E-state index in [1.807, 2.05) is 68.7 Å². The number of aromatic nitrogens is 1. The van der Waals surface area contributed by atoms with Gasteiger partial charge in [0.2, 0.25) is 5.89 Å². The number of likely N-dealkylation sites (N-methyl/N-ethyl adjacent to an activating group) is 1. The molecule has 1 aromatic heterocycles. The van der Waals surface area contributed by atoms with Crippen LogP contribution in [-0.2, 0) is 0 Å². The maximum atomic E-state index is 5.92. The minimum atomic E-state index is 0.573. The van der Waals surface area contributed by atoms with Crippen molar-refractivity contribution < 1.29 is 9.15 Å². The summed E-state index contributed by atoms with van der Waals surface area (Å²) in [5, 5.41) is 0. The van der Waals surface area contributed by atoms with Gasteiger partial charge in [0.1, 0.15) is 12.4 Å². The number of nitrogens with zero attached hydrogens (tertiary/aromatic N) is 2. The van der Waals surface area contributed by atoms with Gasteiger partial charge in [-0.3, -0.25) is 0 Å². The highest BCUT2D eigenvalue weighted by molar-refractivity contribution is 5.65. The number of hydrogen-bond acceptors (Lipinski definition) is 4. The van der Waals surface area contributed by atoms with E-state index in [0.29, 0.717) is 12.5 Å². The first-order valence-corrected chi connectivity index (χ1v) is 7.62. The molecule has 4 heteroatoms. The highest BCUT2D eigenvalue weighted by Gasteiger charge is 2.13. The van der Waals surface area contributed by atoms with E-state index in [-0.39, 0.29) is 0 Å². The summed E-state index contributed by atoms with van der Waals surface area (Å²) in [4.78, 5) is 6.49. The Kier molecular flexibility index (Phi) is 4.74. The largest absolute Gasteiger partial charge is 0.491 e. The lowest BCUT2D eigenvalue weighted by atomic mass is 10.2. The van der Waals surface area contributed by atoms with Crippen molar-refractivity contribution in [3.05, 3.63) is 60.8 Å². The molecule has 0 N–H and O–H groups in total. The summed E-state index contributed by atoms with van der Waals surface area (Å²) in [5.74, 6) is 2.11. The molecule has 4 nitrogen and oxygen atoms in total. The van der Waals surface area contributed by atoms with Gasteiger partial charge in [0, 0.05) is 12.1 Å². The lowest BCUT2D eigenvalue weighted by Gasteiger charge is -2.12. The van der Waals surface area contributed by atoms with Gasteiger partial charge in [-0.1, -0.05) is 42.5 Å². The third-order valence-electron chi connectivity index (χ3n) is 3.48. The quantitative estimate of drug-likeness (QED) is 0.691. The van der Waals surface area contributed by atoms with Crippen LogP contribution < -0.4 is 4.74 Å². The number of hydrogen-bond donors (Lipinski definition) is 0. The average Bonchev–Trinajstić information content (AvgIpc) is 3.06. The van der Waals surface area contributed by atoms with Crippen molar-refractivity contribution in [2.45, 2.75) is 0 Å². The molecule has 0 amide bonds. The summed E-state index contributed by atoms with van der Waals surface area (Å²) in [5.41, 5.74) is 1.88. The van der Waals surface area contributed by atoms with Gasteiger partial charge in [0.25, 0.3) is 0 Å². The van der Waals surface area contributed by atoms with Gasteiger partial charge >= 0.3 is 0 Å². The Labute approximate surface area is 136 Å². The van der Waals surface area contributed by atoms with Crippen LogP contribution in [0.2, 0.25) is 0 Å². The molecule has 0 unspecified atom stereocenters. The van der Waals surface area contributed by atoms with E-state index in [1.54, 1.807) is 6.20 Å². The molecular formula is C19H20N2O2. The summed E-state index contributed by atoms with van der Waals surface area (Å²) in [6, 6.07) is 17.8. The summed E-state index contributed by atoms with van der Waals surface area (Å²) < 4.78 is 11.8. The fourth-order valence-corrected chi connectivity index (χ4v) is 2.24. The van der Waals surface area contributed by atoms with Crippen molar-refractivity contribution >= 4 is 0 Å². The lowest BCUT2D eigenvalue weighted by molar-refractivity contribution is 0.262. The van der Waals surface area contributed by atoms with Gasteiger partial charge in [-0.2, -0.15) is 0 Å². The summed E-state index contributed by atoms with van der Waals surface area (Å²) in [6.45, 7) is 1.48. The second-order valence-electron chi connectivity index (χ2n) is 5.54. The molecule has 0 saturated carbocycles. The van der Waals surface area contributed by atoms with Crippen LogP contribution in [0.5, 0.6) is 5.75 Å². The first kappa shape index (κ1) is 15.3. The predicted octanol–water partition coefficient (Wildman–Crippen LogP) is 3.95. The molecule has 3 rings (SSSR count). The molecule has 0 aliphatic heterocycles. The minimum Gasteiger partial charge on any atom is -0.491 e. The van der Waals surface area contributed by atoms with E-state index in [0.717, 1.165) is 29.2 Å². The summed E-state index contributed by atoms with van der Waals surface area (Å²) >= 11 is 0. The van der Waals surface area contributed by atoms with E-state index in [1.165, 1.54) is 0 Å². The molecular weight excluding hydrogens is 288 g/mol. The summed E-state index contributed by atoms with van der Waals surface area (Å²) in [6.07, 6.45) is 1.75. The molecule has 0 aliphatic carbocycles. The van der Waals surface area contributed by atoms with Gasteiger partial charge < -0.3 is 14.1 Å². The van der Waals surface area contributed by atoms with Gasteiger partial charge in [-0.05, 0) is 26.2 Å². The minimum absolute atomic E-state index is 0.573. The van der Waals surface area contributed by atoms with Crippen LogP contribution in [-0.4, -0.2) is 37.1 Å². The molecule has 0 bridgehead atoms. The molecule has 0 atom stereocenters. The zero-order valence-electron chi connectivity index (χ0n) is 13.4. The predicted molar refractivity (Wildman–Crippen MR) is 91.4 cm³/mol. The highest BCUT2D eigenvalue weighted by Crippen LogP contribution is 2.31. The van der Waals surface area contributed by atoms with Gasteiger partial charge in [0.05, 0.1) is 11.8 Å². The molecule has 0 spiro atoms. The Hall–Kier alpha value is -2.59. The van der Waals surface area contributed by atoms with Crippen molar-refractivity contribution in [1.82, 2.24) is 9.88 Å². The van der Waals surface area contributed by atoms with E-state index in [4.69, 9.17) is 9.15 Å². The highest BCUT2D eigenvalue weighted by atomic mass is 16.5. The smallest absolute Gasteiger partial charge is 0.230 e. The van der Waals surface area contributed by atoms with Crippen molar-refractivity contribution in [1.29, 1.82) is 0 Å². The van der Waals surface area contributed by atoms with Crippen LogP contribution in [0, 0.1) is 0 Å². The standard InChI is InChI=1S/C19H20N2O2/c1-21(2)12-13-22-17-11-7-6-10-16(17)19-20-14-18(23-19)15-8-4-3-5-9-15/h3-11,14H,12-13H2,1-2H3. The Morgan fingerprint density at radius 3 is 2.52 bits per heavy atom. The normalized spacial score (nSPS) is 10.9. The van der Waals surface area contributed by atoms with E-state index < -0.39 is 0 Å². The second-order valence-corrected chi connectivity index (χ2v) is 5.54. The molecule has 3 aromatic rings. The lowest BCUT2D eigenvalue weighted by Crippen LogP contribution is -2.19. The van der Waals surface area contributed by atoms with Gasteiger partial charge in [-0.15, -0.1) is 0 Å². The number of ether oxygens (including phenoxy) is 1. The van der Waals surface area contributed by atoms with E-state index in [2.05, 4.69) is 9.88 Å². The van der Waals surface area contributed by atoms with Crippen LogP contribution in [0.4, 0.5) is 0 Å². The topological polar surface area (TPSA) is 38.5 Å². The molecule has 0 fully saturated rings. The summed E-state index contributed by atoms with van der Waals surface area (Å²) in [7, 11) is 4.05. The second kappa shape index (κ2) is 7.11. The van der Waals surface area contributed by atoms with Crippen LogP contribution >= 0.6 is 0 Å². The van der Waals surface area contributed by atoms with Crippen LogP contribution in [0.15, 0.2) is 65.2 Å². The Bertz CT molecular complexity index is 751. The SMILES string of the molecule is CN(C)CCOc1ccccc1-c1ncc(-c2ccccc2)o1. The van der Waals surface area contributed by atoms with Crippen molar-refractivity contribution in [3.63, 3.8) is 0 Å². The Morgan fingerprint density at radius 2 is 1.74 bits per heavy atom. The maximum Gasteiger partial charge on any atom is 0.230 e. The van der Waals surface area contributed by atoms with E-state index >= 15 is 0 Å². The third kappa shape index (κ3) is 3.79. The van der Waals surface area contributed by atoms with Crippen LogP contribution in [0.25, 0.3) is 22.8 Å². The van der Waals surface area contributed by atoms with Gasteiger partial charge in [-0.25, -0.2) is 4.98 Å². The van der Waals surface area contributed by atoms with Crippen LogP contribution in [0.1, 0.15) is 0 Å². The average molecular weight is 308 g/mol. The molecule has 1 heterocycles. The van der Waals surface area contributed by atoms with Crippen molar-refractivity contribution in [2.24, 2.45) is 0 Å². The molecule has 2 aromatic carbocycles. The van der Waals surface area contributed by atoms with E-state index in [9.17, 15) is 0 Å². The maximum absolute atomic E-state index is 5.92. The molecule has 0 saturated heterocycles. The molecule has 118 valence electrons. The zero-order chi connectivity index (χ0) is 16.1. The fraction of sp³-hybridized carbons (Fsp3) is 0.211. The first-order valence-electron chi connectivity index (χ1n) is 7.62. The molecule has 0 radical (unpaired) electrons. The van der Waals surface area contributed by atoms with Crippen LogP contribution in [0.3, 0.4) is 0 Å². The third-order valence-corrected chi connectivity index (χ3v) is 3.48. The Balaban J connectivity index is 1.83. The molecule has 23 heavy (non-hydrogen) atoms. The number of oxazole rings is 1.